The van der Waals surface area contributed by atoms with Gasteiger partial charge in [0.1, 0.15) is 0 Å². The van der Waals surface area contributed by atoms with Crippen molar-refractivity contribution in [3.8, 4) is 0 Å². The predicted molar refractivity (Wildman–Crippen MR) is 57.2 cm³/mol. The van der Waals surface area contributed by atoms with E-state index in [1.54, 1.807) is 0 Å². The summed E-state index contributed by atoms with van der Waals surface area (Å²) in [7, 11) is 0. The maximum atomic E-state index is 6.15. The van der Waals surface area contributed by atoms with Gasteiger partial charge in [-0.1, -0.05) is 12.8 Å². The van der Waals surface area contributed by atoms with E-state index in [2.05, 4.69) is 5.32 Å². The smallest absolute Gasteiger partial charge is 0.0708 e. The molecule has 0 radical (unpaired) electrons. The van der Waals surface area contributed by atoms with E-state index in [1.165, 1.54) is 38.5 Å². The highest BCUT2D eigenvalue weighted by molar-refractivity contribution is 4.93. The van der Waals surface area contributed by atoms with E-state index < -0.39 is 0 Å². The van der Waals surface area contributed by atoms with E-state index in [0.717, 1.165) is 19.6 Å². The van der Waals surface area contributed by atoms with E-state index in [4.69, 9.17) is 10.5 Å². The summed E-state index contributed by atoms with van der Waals surface area (Å²) in [6.45, 7) is 2.61. The van der Waals surface area contributed by atoms with Crippen LogP contribution in [0.1, 0.15) is 38.5 Å². The van der Waals surface area contributed by atoms with Crippen LogP contribution >= 0.6 is 0 Å². The molecule has 2 fully saturated rings. The molecule has 2 rings (SSSR count). The van der Waals surface area contributed by atoms with Crippen LogP contribution in [-0.4, -0.2) is 31.3 Å². The van der Waals surface area contributed by atoms with Crippen molar-refractivity contribution in [1.82, 2.24) is 5.32 Å². The zero-order valence-electron chi connectivity index (χ0n) is 8.93. The summed E-state index contributed by atoms with van der Waals surface area (Å²) < 4.78 is 6.15. The quantitative estimate of drug-likeness (QED) is 0.663. The van der Waals surface area contributed by atoms with E-state index in [-0.39, 0.29) is 5.60 Å². The third kappa shape index (κ3) is 2.27. The van der Waals surface area contributed by atoms with Crippen LogP contribution in [0.15, 0.2) is 0 Å². The lowest BCUT2D eigenvalue weighted by Crippen LogP contribution is -2.33. The Balaban J connectivity index is 1.71. The van der Waals surface area contributed by atoms with Crippen LogP contribution in [0.25, 0.3) is 0 Å². The fourth-order valence-electron chi connectivity index (χ4n) is 2.79. The number of ether oxygens (including phenoxy) is 1. The summed E-state index contributed by atoms with van der Waals surface area (Å²) in [6, 6.07) is 0. The third-order valence-electron chi connectivity index (χ3n) is 3.55. The first kappa shape index (κ1) is 10.4. The molecule has 1 saturated carbocycles. The number of hydrogen-bond donors (Lipinski definition) is 2. The Bertz CT molecular complexity index is 178. The summed E-state index contributed by atoms with van der Waals surface area (Å²) >= 11 is 0. The Hall–Kier alpha value is -0.120. The largest absolute Gasteiger partial charge is 0.370 e. The van der Waals surface area contributed by atoms with Crippen LogP contribution < -0.4 is 11.1 Å². The van der Waals surface area contributed by atoms with Gasteiger partial charge in [0.05, 0.1) is 11.7 Å². The van der Waals surface area contributed by atoms with Crippen molar-refractivity contribution in [2.45, 2.75) is 50.2 Å². The molecule has 1 heterocycles. The molecule has 1 atom stereocenters. The molecule has 3 nitrogen and oxygen atoms in total. The Morgan fingerprint density at radius 2 is 2.07 bits per heavy atom. The maximum Gasteiger partial charge on any atom is 0.0708 e. The summed E-state index contributed by atoms with van der Waals surface area (Å²) in [5.74, 6) is 0. The molecule has 0 amide bonds. The highest BCUT2D eigenvalue weighted by Gasteiger charge is 2.41. The highest BCUT2D eigenvalue weighted by atomic mass is 16.5. The molecule has 0 aromatic carbocycles. The highest BCUT2D eigenvalue weighted by Crippen LogP contribution is 2.42. The van der Waals surface area contributed by atoms with Crippen LogP contribution in [0, 0.1) is 0 Å². The third-order valence-corrected chi connectivity index (χ3v) is 3.55. The van der Waals surface area contributed by atoms with Crippen molar-refractivity contribution in [2.75, 3.05) is 19.6 Å². The monoisotopic (exact) mass is 198 g/mol. The molecule has 3 heteroatoms. The van der Waals surface area contributed by atoms with E-state index in [1.807, 2.05) is 0 Å². The van der Waals surface area contributed by atoms with Crippen molar-refractivity contribution < 1.29 is 4.74 Å². The molecule has 1 unspecified atom stereocenters. The molecule has 1 spiro atoms. The van der Waals surface area contributed by atoms with Gasteiger partial charge in [0, 0.05) is 19.6 Å². The minimum absolute atomic E-state index is 0.287. The molecular weight excluding hydrogens is 176 g/mol. The fraction of sp³-hybridized carbons (Fsp3) is 1.00. The van der Waals surface area contributed by atoms with Gasteiger partial charge < -0.3 is 15.8 Å². The normalized spacial score (nSPS) is 30.2. The number of hydrogen-bond acceptors (Lipinski definition) is 3. The Morgan fingerprint density at radius 1 is 1.29 bits per heavy atom. The minimum atomic E-state index is 0.287. The predicted octanol–water partition coefficient (Wildman–Crippen LogP) is 1.03. The lowest BCUT2D eigenvalue weighted by atomic mass is 9.98. The summed E-state index contributed by atoms with van der Waals surface area (Å²) in [5, 5.41) is 3.33. The lowest BCUT2D eigenvalue weighted by molar-refractivity contribution is -0.0349. The molecule has 2 aliphatic rings. The van der Waals surface area contributed by atoms with Gasteiger partial charge in [-0.25, -0.2) is 0 Å². The van der Waals surface area contributed by atoms with Gasteiger partial charge in [-0.2, -0.15) is 0 Å². The zero-order valence-corrected chi connectivity index (χ0v) is 8.93. The van der Waals surface area contributed by atoms with E-state index >= 15 is 0 Å². The summed E-state index contributed by atoms with van der Waals surface area (Å²) in [6.07, 6.45) is 8.27. The molecule has 1 saturated heterocycles. The Kier molecular flexibility index (Phi) is 3.42. The summed E-state index contributed by atoms with van der Waals surface area (Å²) in [4.78, 5) is 0. The molecule has 82 valence electrons. The van der Waals surface area contributed by atoms with E-state index in [9.17, 15) is 0 Å². The summed E-state index contributed by atoms with van der Waals surface area (Å²) in [5.41, 5.74) is 5.71. The minimum Gasteiger partial charge on any atom is -0.370 e. The second kappa shape index (κ2) is 4.60. The SMILES string of the molecule is NCCNCC1CCC2(CCCC2)O1. The van der Waals surface area contributed by atoms with Gasteiger partial charge >= 0.3 is 0 Å². The molecule has 0 bridgehead atoms. The maximum absolute atomic E-state index is 6.15. The standard InChI is InChI=1S/C11H22N2O/c12-7-8-13-9-10-3-6-11(14-10)4-1-2-5-11/h10,13H,1-9,12H2. The van der Waals surface area contributed by atoms with E-state index in [0.29, 0.717) is 6.10 Å². The van der Waals surface area contributed by atoms with Gasteiger partial charge in [0.15, 0.2) is 0 Å². The topological polar surface area (TPSA) is 47.3 Å². The molecule has 1 aliphatic heterocycles. The fourth-order valence-corrected chi connectivity index (χ4v) is 2.79. The van der Waals surface area contributed by atoms with Crippen LogP contribution in [0.2, 0.25) is 0 Å². The van der Waals surface area contributed by atoms with Crippen molar-refractivity contribution in [2.24, 2.45) is 5.73 Å². The van der Waals surface area contributed by atoms with Gasteiger partial charge in [0.25, 0.3) is 0 Å². The molecular formula is C11H22N2O. The first-order chi connectivity index (χ1) is 6.85. The molecule has 3 N–H and O–H groups in total. The zero-order chi connectivity index (χ0) is 9.86. The van der Waals surface area contributed by atoms with Gasteiger partial charge in [-0.15, -0.1) is 0 Å². The molecule has 0 aromatic rings. The average Bonchev–Trinajstić information content (AvgIpc) is 2.79. The Labute approximate surface area is 86.4 Å². The Morgan fingerprint density at radius 3 is 2.79 bits per heavy atom. The van der Waals surface area contributed by atoms with Crippen LogP contribution in [0.5, 0.6) is 0 Å². The average molecular weight is 198 g/mol. The van der Waals surface area contributed by atoms with Gasteiger partial charge in [0.2, 0.25) is 0 Å². The van der Waals surface area contributed by atoms with Crippen molar-refractivity contribution in [1.29, 1.82) is 0 Å². The van der Waals surface area contributed by atoms with Gasteiger partial charge in [-0.3, -0.25) is 0 Å². The van der Waals surface area contributed by atoms with Crippen molar-refractivity contribution >= 4 is 0 Å². The lowest BCUT2D eigenvalue weighted by Gasteiger charge is -2.23. The van der Waals surface area contributed by atoms with Crippen LogP contribution in [-0.2, 0) is 4.74 Å². The van der Waals surface area contributed by atoms with Crippen molar-refractivity contribution in [3.63, 3.8) is 0 Å². The number of rotatable bonds is 4. The first-order valence-electron chi connectivity index (χ1n) is 5.93. The van der Waals surface area contributed by atoms with Crippen LogP contribution in [0.4, 0.5) is 0 Å². The molecule has 0 aromatic heterocycles. The second-order valence-electron chi connectivity index (χ2n) is 4.66. The van der Waals surface area contributed by atoms with Gasteiger partial charge in [-0.05, 0) is 25.7 Å². The first-order valence-corrected chi connectivity index (χ1v) is 5.93. The second-order valence-corrected chi connectivity index (χ2v) is 4.66. The molecule has 14 heavy (non-hydrogen) atoms. The number of nitrogens with one attached hydrogen (secondary N) is 1. The van der Waals surface area contributed by atoms with Crippen LogP contribution in [0.3, 0.4) is 0 Å². The van der Waals surface area contributed by atoms with Crippen molar-refractivity contribution in [3.05, 3.63) is 0 Å². The molecule has 1 aliphatic carbocycles. The number of nitrogens with two attached hydrogens (primary N) is 1.